The normalized spacial score (nSPS) is 18.8. The zero-order valence-corrected chi connectivity index (χ0v) is 19.0. The maximum Gasteiger partial charge on any atom is 0.243 e. The van der Waals surface area contributed by atoms with Gasteiger partial charge in [-0.2, -0.15) is 4.31 Å². The second-order valence-electron chi connectivity index (χ2n) is 7.34. The highest BCUT2D eigenvalue weighted by Crippen LogP contribution is 2.47. The Balaban J connectivity index is 1.61. The molecular weight excluding hydrogens is 454 g/mol. The van der Waals surface area contributed by atoms with Gasteiger partial charge in [0.25, 0.3) is 0 Å². The summed E-state index contributed by atoms with van der Waals surface area (Å²) in [5, 5.41) is 12.4. The summed E-state index contributed by atoms with van der Waals surface area (Å²) in [6.07, 6.45) is 6.10. The van der Waals surface area contributed by atoms with E-state index in [-0.39, 0.29) is 11.5 Å². The fraction of sp³-hybridized carbons (Fsp3) is 0.476. The number of halogens is 1. The van der Waals surface area contributed by atoms with Crippen molar-refractivity contribution in [3.8, 4) is 0 Å². The Labute approximate surface area is 181 Å². The van der Waals surface area contributed by atoms with Gasteiger partial charge in [-0.15, -0.1) is 0 Å². The number of aliphatic hydroxyl groups is 1. The standard InChI is InChI=1S/C21H28BrN3O3S/c1-2-25(10-3-4-11-26)29(27,28)18-7-8-21(20(22)13-18)24-15-17-12-19(17)16-6-5-9-23-14-16/h5-9,13-14,17,19,24,26H,2-4,10-12,15H2,1H3/t17-,19-/m0/s1. The molecule has 8 heteroatoms. The van der Waals surface area contributed by atoms with E-state index in [0.717, 1.165) is 23.1 Å². The van der Waals surface area contributed by atoms with Crippen LogP contribution in [0, 0.1) is 5.92 Å². The van der Waals surface area contributed by atoms with Gasteiger partial charge >= 0.3 is 0 Å². The Morgan fingerprint density at radius 1 is 1.31 bits per heavy atom. The molecule has 0 spiro atoms. The van der Waals surface area contributed by atoms with E-state index in [2.05, 4.69) is 32.3 Å². The molecule has 1 aliphatic carbocycles. The highest BCUT2D eigenvalue weighted by atomic mass is 79.9. The molecule has 1 aromatic carbocycles. The molecule has 29 heavy (non-hydrogen) atoms. The van der Waals surface area contributed by atoms with Gasteiger partial charge in [-0.3, -0.25) is 4.98 Å². The van der Waals surface area contributed by atoms with Crippen molar-refractivity contribution >= 4 is 31.6 Å². The molecule has 1 aromatic heterocycles. The fourth-order valence-electron chi connectivity index (χ4n) is 3.51. The molecule has 2 aromatic rings. The van der Waals surface area contributed by atoms with Crippen LogP contribution in [-0.4, -0.2) is 49.1 Å². The summed E-state index contributed by atoms with van der Waals surface area (Å²) in [4.78, 5) is 4.47. The highest BCUT2D eigenvalue weighted by molar-refractivity contribution is 9.10. The summed E-state index contributed by atoms with van der Waals surface area (Å²) in [6, 6.07) is 9.23. The minimum atomic E-state index is -3.55. The molecule has 1 heterocycles. The SMILES string of the molecule is CCN(CCCCO)S(=O)(=O)c1ccc(NC[C@@H]2C[C@H]2c2cccnc2)c(Br)c1. The first-order chi connectivity index (χ1) is 14.0. The van der Waals surface area contributed by atoms with E-state index in [4.69, 9.17) is 5.11 Å². The van der Waals surface area contributed by atoms with Gasteiger partial charge in [-0.05, 0) is 76.9 Å². The number of anilines is 1. The monoisotopic (exact) mass is 481 g/mol. The van der Waals surface area contributed by atoms with Gasteiger partial charge in [0.15, 0.2) is 0 Å². The van der Waals surface area contributed by atoms with Crippen molar-refractivity contribution < 1.29 is 13.5 Å². The molecule has 1 saturated carbocycles. The number of hydrogen-bond acceptors (Lipinski definition) is 5. The van der Waals surface area contributed by atoms with E-state index in [1.54, 1.807) is 18.3 Å². The van der Waals surface area contributed by atoms with Crippen molar-refractivity contribution in [2.45, 2.75) is 37.0 Å². The summed E-state index contributed by atoms with van der Waals surface area (Å²) < 4.78 is 28.0. The average molecular weight is 482 g/mol. The largest absolute Gasteiger partial charge is 0.396 e. The van der Waals surface area contributed by atoms with Crippen LogP contribution in [-0.2, 0) is 10.0 Å². The average Bonchev–Trinajstić information content (AvgIpc) is 3.50. The van der Waals surface area contributed by atoms with Gasteiger partial charge in [0.2, 0.25) is 10.0 Å². The number of hydrogen-bond donors (Lipinski definition) is 2. The third kappa shape index (κ3) is 5.57. The predicted molar refractivity (Wildman–Crippen MR) is 118 cm³/mol. The second kappa shape index (κ2) is 10.0. The Morgan fingerprint density at radius 3 is 2.79 bits per heavy atom. The number of nitrogens with one attached hydrogen (secondary N) is 1. The lowest BCUT2D eigenvalue weighted by Crippen LogP contribution is -2.32. The van der Waals surface area contributed by atoms with Crippen LogP contribution < -0.4 is 5.32 Å². The van der Waals surface area contributed by atoms with Crippen LogP contribution in [0.2, 0.25) is 0 Å². The lowest BCUT2D eigenvalue weighted by molar-refractivity contribution is 0.277. The zero-order valence-electron chi connectivity index (χ0n) is 16.6. The number of unbranched alkanes of at least 4 members (excludes halogenated alkanes) is 1. The van der Waals surface area contributed by atoms with Gasteiger partial charge in [0.05, 0.1) is 4.90 Å². The Kier molecular flexibility index (Phi) is 7.67. The van der Waals surface area contributed by atoms with Gasteiger partial charge in [-0.1, -0.05) is 13.0 Å². The number of sulfonamides is 1. The van der Waals surface area contributed by atoms with E-state index >= 15 is 0 Å². The van der Waals surface area contributed by atoms with Crippen LogP contribution in [0.4, 0.5) is 5.69 Å². The van der Waals surface area contributed by atoms with Crippen molar-refractivity contribution in [3.05, 3.63) is 52.8 Å². The van der Waals surface area contributed by atoms with Gasteiger partial charge in [0.1, 0.15) is 0 Å². The van der Waals surface area contributed by atoms with Crippen LogP contribution in [0.3, 0.4) is 0 Å². The summed E-state index contributed by atoms with van der Waals surface area (Å²) in [5.41, 5.74) is 2.17. The van der Waals surface area contributed by atoms with Gasteiger partial charge < -0.3 is 10.4 Å². The second-order valence-corrected chi connectivity index (χ2v) is 10.1. The Morgan fingerprint density at radius 2 is 2.14 bits per heavy atom. The van der Waals surface area contributed by atoms with E-state index in [1.807, 2.05) is 25.3 Å². The van der Waals surface area contributed by atoms with E-state index in [1.165, 1.54) is 9.87 Å². The molecule has 2 N–H and O–H groups in total. The maximum absolute atomic E-state index is 12.9. The first kappa shape index (κ1) is 22.2. The molecule has 3 rings (SSSR count). The van der Waals surface area contributed by atoms with Crippen molar-refractivity contribution in [1.29, 1.82) is 0 Å². The lowest BCUT2D eigenvalue weighted by Gasteiger charge is -2.21. The third-order valence-electron chi connectivity index (χ3n) is 5.34. The lowest BCUT2D eigenvalue weighted by atomic mass is 10.1. The minimum absolute atomic E-state index is 0.0755. The topological polar surface area (TPSA) is 82.5 Å². The molecule has 1 fully saturated rings. The van der Waals surface area contributed by atoms with E-state index < -0.39 is 10.0 Å². The molecular formula is C21H28BrN3O3S. The Bertz CT molecular complexity index is 909. The molecule has 0 saturated heterocycles. The smallest absolute Gasteiger partial charge is 0.243 e. The molecule has 0 amide bonds. The molecule has 0 unspecified atom stereocenters. The first-order valence-electron chi connectivity index (χ1n) is 10.0. The quantitative estimate of drug-likeness (QED) is 0.476. The molecule has 2 atom stereocenters. The van der Waals surface area contributed by atoms with Crippen LogP contribution in [0.15, 0.2) is 52.1 Å². The first-order valence-corrected chi connectivity index (χ1v) is 12.2. The summed E-state index contributed by atoms with van der Waals surface area (Å²) in [7, 11) is -3.55. The molecule has 1 aliphatic rings. The summed E-state index contributed by atoms with van der Waals surface area (Å²) in [5.74, 6) is 1.11. The number of aliphatic hydroxyl groups excluding tert-OH is 1. The van der Waals surface area contributed by atoms with Gasteiger partial charge in [0, 0.05) is 48.8 Å². The van der Waals surface area contributed by atoms with Crippen molar-refractivity contribution in [2.75, 3.05) is 31.6 Å². The van der Waals surface area contributed by atoms with E-state index in [9.17, 15) is 8.42 Å². The third-order valence-corrected chi connectivity index (χ3v) is 7.96. The molecule has 0 bridgehead atoms. The van der Waals surface area contributed by atoms with Gasteiger partial charge in [-0.25, -0.2) is 8.42 Å². The van der Waals surface area contributed by atoms with Crippen LogP contribution in [0.1, 0.15) is 37.7 Å². The van der Waals surface area contributed by atoms with Crippen molar-refractivity contribution in [2.24, 2.45) is 5.92 Å². The van der Waals surface area contributed by atoms with Crippen molar-refractivity contribution in [1.82, 2.24) is 9.29 Å². The zero-order chi connectivity index (χ0) is 20.9. The number of rotatable bonds is 11. The van der Waals surface area contributed by atoms with Crippen LogP contribution in [0.25, 0.3) is 0 Å². The summed E-state index contributed by atoms with van der Waals surface area (Å²) >= 11 is 3.52. The fourth-order valence-corrected chi connectivity index (χ4v) is 5.70. The number of benzene rings is 1. The number of pyridine rings is 1. The van der Waals surface area contributed by atoms with Crippen LogP contribution >= 0.6 is 15.9 Å². The van der Waals surface area contributed by atoms with E-state index in [0.29, 0.717) is 37.8 Å². The number of nitrogens with zero attached hydrogens (tertiary/aromatic N) is 2. The predicted octanol–water partition coefficient (Wildman–Crippen LogP) is 3.84. The minimum Gasteiger partial charge on any atom is -0.396 e. The van der Waals surface area contributed by atoms with Crippen LogP contribution in [0.5, 0.6) is 0 Å². The molecule has 6 nitrogen and oxygen atoms in total. The molecule has 158 valence electrons. The summed E-state index contributed by atoms with van der Waals surface area (Å²) in [6.45, 7) is 3.56. The molecule has 0 radical (unpaired) electrons. The highest BCUT2D eigenvalue weighted by Gasteiger charge is 2.38. The number of aromatic nitrogens is 1. The van der Waals surface area contributed by atoms with Crippen molar-refractivity contribution in [3.63, 3.8) is 0 Å². The molecule has 0 aliphatic heterocycles. The Hall–Kier alpha value is -1.48. The maximum atomic E-state index is 12.9.